The lowest BCUT2D eigenvalue weighted by Gasteiger charge is -2.10. The van der Waals surface area contributed by atoms with Gasteiger partial charge in [-0.2, -0.15) is 0 Å². The van der Waals surface area contributed by atoms with Crippen LogP contribution in [0.3, 0.4) is 0 Å². The van der Waals surface area contributed by atoms with Crippen LogP contribution in [0.1, 0.15) is 35.6 Å². The second kappa shape index (κ2) is 7.56. The van der Waals surface area contributed by atoms with Gasteiger partial charge in [0.2, 0.25) is 5.91 Å². The summed E-state index contributed by atoms with van der Waals surface area (Å²) in [5.41, 5.74) is 6.21. The molecule has 1 amide bonds. The molecule has 0 saturated carbocycles. The first-order valence-electron chi connectivity index (χ1n) is 9.25. The van der Waals surface area contributed by atoms with Crippen molar-refractivity contribution in [3.63, 3.8) is 0 Å². The number of aromatic amines is 1. The lowest BCUT2D eigenvalue weighted by Crippen LogP contribution is -2.28. The first-order chi connectivity index (χ1) is 13.5. The highest BCUT2D eigenvalue weighted by Gasteiger charge is 2.15. The van der Waals surface area contributed by atoms with Gasteiger partial charge in [0.15, 0.2) is 0 Å². The Hall–Kier alpha value is -2.99. The summed E-state index contributed by atoms with van der Waals surface area (Å²) in [6, 6.07) is 14.0. The Bertz CT molecular complexity index is 1110. The lowest BCUT2D eigenvalue weighted by atomic mass is 10.1. The third kappa shape index (κ3) is 3.82. The molecule has 0 fully saturated rings. The molecule has 6 heteroatoms. The maximum atomic E-state index is 12.5. The molecule has 2 heterocycles. The molecule has 4 aromatic rings. The summed E-state index contributed by atoms with van der Waals surface area (Å²) >= 11 is 1.57. The third-order valence-electron chi connectivity index (χ3n) is 4.70. The van der Waals surface area contributed by atoms with Gasteiger partial charge in [-0.15, -0.1) is 11.3 Å². The lowest BCUT2D eigenvalue weighted by molar-refractivity contribution is -0.121. The Morgan fingerprint density at radius 2 is 2.00 bits per heavy atom. The fraction of sp³-hybridized carbons (Fsp3) is 0.227. The number of fused-ring (bicyclic) bond motifs is 1. The number of rotatable bonds is 5. The molecule has 0 saturated heterocycles. The number of H-pyrrole nitrogens is 1. The molecular weight excluding hydrogens is 368 g/mol. The van der Waals surface area contributed by atoms with Crippen molar-refractivity contribution < 1.29 is 4.79 Å². The summed E-state index contributed by atoms with van der Waals surface area (Å²) in [6.07, 6.45) is 0.256. The van der Waals surface area contributed by atoms with Crippen molar-refractivity contribution in [3.05, 3.63) is 70.5 Å². The SMILES string of the molecule is Cc1ccc(-c2nc(CC(=O)N[C@H](C)c3nc4ccccc4[nH]3)cs2)c(C)c1. The molecule has 5 nitrogen and oxygen atoms in total. The summed E-state index contributed by atoms with van der Waals surface area (Å²) in [5, 5.41) is 5.91. The number of aryl methyl sites for hydroxylation is 2. The Kier molecular flexibility index (Phi) is 4.96. The number of nitrogens with zero attached hydrogens (tertiary/aromatic N) is 2. The van der Waals surface area contributed by atoms with Gasteiger partial charge in [-0.1, -0.05) is 35.9 Å². The number of amides is 1. The minimum absolute atomic E-state index is 0.0644. The predicted octanol–water partition coefficient (Wildman–Crippen LogP) is 4.72. The second-order valence-electron chi connectivity index (χ2n) is 7.07. The average Bonchev–Trinajstić information content (AvgIpc) is 3.28. The number of hydrogen-bond acceptors (Lipinski definition) is 4. The van der Waals surface area contributed by atoms with Crippen molar-refractivity contribution in [1.29, 1.82) is 0 Å². The van der Waals surface area contributed by atoms with Crippen LogP contribution < -0.4 is 5.32 Å². The van der Waals surface area contributed by atoms with Crippen LogP contribution in [0.4, 0.5) is 0 Å². The molecule has 0 aliphatic heterocycles. The van der Waals surface area contributed by atoms with Crippen LogP contribution in [-0.2, 0) is 11.2 Å². The van der Waals surface area contributed by atoms with E-state index in [1.165, 1.54) is 11.1 Å². The van der Waals surface area contributed by atoms with Gasteiger partial charge in [-0.3, -0.25) is 4.79 Å². The van der Waals surface area contributed by atoms with E-state index in [0.29, 0.717) is 0 Å². The molecule has 4 rings (SSSR count). The molecule has 0 aliphatic carbocycles. The zero-order valence-corrected chi connectivity index (χ0v) is 16.9. The standard InChI is InChI=1S/C22H22N4OS/c1-13-8-9-17(14(2)10-13)22-24-16(12-28-22)11-20(27)23-15(3)21-25-18-6-4-5-7-19(18)26-21/h4-10,12,15H,11H2,1-3H3,(H,23,27)(H,25,26)/t15-/m1/s1. The van der Waals surface area contributed by atoms with Crippen molar-refractivity contribution in [1.82, 2.24) is 20.3 Å². The van der Waals surface area contributed by atoms with E-state index in [1.54, 1.807) is 11.3 Å². The average molecular weight is 391 g/mol. The van der Waals surface area contributed by atoms with E-state index >= 15 is 0 Å². The topological polar surface area (TPSA) is 70.7 Å². The van der Waals surface area contributed by atoms with Crippen LogP contribution in [0.15, 0.2) is 47.8 Å². The molecule has 0 radical (unpaired) electrons. The van der Waals surface area contributed by atoms with Crippen molar-refractivity contribution in [2.24, 2.45) is 0 Å². The molecule has 28 heavy (non-hydrogen) atoms. The molecule has 0 spiro atoms. The number of nitrogens with one attached hydrogen (secondary N) is 2. The van der Waals surface area contributed by atoms with Gasteiger partial charge in [0.1, 0.15) is 10.8 Å². The van der Waals surface area contributed by atoms with Gasteiger partial charge in [0.25, 0.3) is 0 Å². The molecule has 0 bridgehead atoms. The normalized spacial score (nSPS) is 12.2. The van der Waals surface area contributed by atoms with E-state index in [0.717, 1.165) is 33.1 Å². The first kappa shape index (κ1) is 18.4. The van der Waals surface area contributed by atoms with Gasteiger partial charge in [0, 0.05) is 10.9 Å². The highest BCUT2D eigenvalue weighted by atomic mass is 32.1. The van der Waals surface area contributed by atoms with E-state index in [-0.39, 0.29) is 18.4 Å². The number of carbonyl (C=O) groups excluding carboxylic acids is 1. The van der Waals surface area contributed by atoms with Crippen molar-refractivity contribution in [3.8, 4) is 10.6 Å². The number of aromatic nitrogens is 3. The number of benzene rings is 2. The maximum Gasteiger partial charge on any atom is 0.226 e. The van der Waals surface area contributed by atoms with Crippen molar-refractivity contribution in [2.75, 3.05) is 0 Å². The molecular formula is C22H22N4OS. The van der Waals surface area contributed by atoms with Crippen LogP contribution in [-0.4, -0.2) is 20.9 Å². The maximum absolute atomic E-state index is 12.5. The molecule has 0 aliphatic rings. The quantitative estimate of drug-likeness (QED) is 0.518. The van der Waals surface area contributed by atoms with Crippen LogP contribution in [0.25, 0.3) is 21.6 Å². The van der Waals surface area contributed by atoms with Gasteiger partial charge < -0.3 is 10.3 Å². The minimum atomic E-state index is -0.197. The third-order valence-corrected chi connectivity index (χ3v) is 5.63. The van der Waals surface area contributed by atoms with Crippen LogP contribution in [0.2, 0.25) is 0 Å². The van der Waals surface area contributed by atoms with Gasteiger partial charge in [-0.25, -0.2) is 9.97 Å². The summed E-state index contributed by atoms with van der Waals surface area (Å²) in [5.74, 6) is 0.689. The Balaban J connectivity index is 1.43. The minimum Gasteiger partial charge on any atom is -0.346 e. The van der Waals surface area contributed by atoms with E-state index in [2.05, 4.69) is 52.3 Å². The fourth-order valence-electron chi connectivity index (χ4n) is 3.27. The summed E-state index contributed by atoms with van der Waals surface area (Å²) in [6.45, 7) is 6.10. The van der Waals surface area contributed by atoms with Crippen LogP contribution in [0, 0.1) is 13.8 Å². The van der Waals surface area contributed by atoms with E-state index in [4.69, 9.17) is 0 Å². The highest BCUT2D eigenvalue weighted by Crippen LogP contribution is 2.27. The van der Waals surface area contributed by atoms with E-state index in [1.807, 2.05) is 36.6 Å². The number of hydrogen-bond donors (Lipinski definition) is 2. The molecule has 142 valence electrons. The summed E-state index contributed by atoms with van der Waals surface area (Å²) < 4.78 is 0. The van der Waals surface area contributed by atoms with E-state index < -0.39 is 0 Å². The predicted molar refractivity (Wildman–Crippen MR) is 113 cm³/mol. The summed E-state index contributed by atoms with van der Waals surface area (Å²) in [4.78, 5) is 25.0. The zero-order chi connectivity index (χ0) is 19.7. The van der Waals surface area contributed by atoms with Gasteiger partial charge in [0.05, 0.1) is 29.2 Å². The zero-order valence-electron chi connectivity index (χ0n) is 16.1. The first-order valence-corrected chi connectivity index (χ1v) is 10.1. The Labute approximate surface area is 167 Å². The fourth-order valence-corrected chi connectivity index (χ4v) is 4.18. The second-order valence-corrected chi connectivity index (χ2v) is 7.93. The van der Waals surface area contributed by atoms with Gasteiger partial charge in [-0.05, 0) is 38.5 Å². The molecule has 1 atom stereocenters. The smallest absolute Gasteiger partial charge is 0.226 e. The van der Waals surface area contributed by atoms with Crippen molar-refractivity contribution in [2.45, 2.75) is 33.2 Å². The number of carbonyl (C=O) groups is 1. The Morgan fingerprint density at radius 3 is 2.79 bits per heavy atom. The molecule has 0 unspecified atom stereocenters. The van der Waals surface area contributed by atoms with Crippen molar-refractivity contribution >= 4 is 28.3 Å². The molecule has 2 N–H and O–H groups in total. The molecule has 2 aromatic carbocycles. The van der Waals surface area contributed by atoms with E-state index in [9.17, 15) is 4.79 Å². The number of para-hydroxylation sites is 2. The monoisotopic (exact) mass is 390 g/mol. The Morgan fingerprint density at radius 1 is 1.18 bits per heavy atom. The largest absolute Gasteiger partial charge is 0.346 e. The van der Waals surface area contributed by atoms with Crippen LogP contribution in [0.5, 0.6) is 0 Å². The molecule has 2 aromatic heterocycles. The van der Waals surface area contributed by atoms with Gasteiger partial charge >= 0.3 is 0 Å². The number of thiazole rings is 1. The summed E-state index contributed by atoms with van der Waals surface area (Å²) in [7, 11) is 0. The van der Waals surface area contributed by atoms with Crippen LogP contribution >= 0.6 is 11.3 Å². The highest BCUT2D eigenvalue weighted by molar-refractivity contribution is 7.13. The number of imidazole rings is 1.